The number of likely N-dealkylation sites (tertiary alicyclic amines) is 1. The molecule has 2 nitrogen and oxygen atoms in total. The van der Waals surface area contributed by atoms with Crippen LogP contribution in [0.5, 0.6) is 0 Å². The number of hydrogen-bond donors (Lipinski definition) is 0. The topological polar surface area (TPSA) is 20.3 Å². The van der Waals surface area contributed by atoms with Crippen LogP contribution in [0.25, 0.3) is 0 Å². The van der Waals surface area contributed by atoms with Crippen LogP contribution >= 0.6 is 15.9 Å². The fourth-order valence-corrected chi connectivity index (χ4v) is 3.05. The van der Waals surface area contributed by atoms with Crippen LogP contribution in [0.3, 0.4) is 0 Å². The first kappa shape index (κ1) is 13.5. The second-order valence-corrected chi connectivity index (χ2v) is 5.96. The normalized spacial score (nSPS) is 24.1. The molecule has 1 aromatic carbocycles. The number of carbonyl (C=O) groups is 1. The first-order valence-electron chi connectivity index (χ1n) is 6.25. The van der Waals surface area contributed by atoms with Crippen molar-refractivity contribution in [1.29, 1.82) is 0 Å². The molecule has 4 heteroatoms. The van der Waals surface area contributed by atoms with Gasteiger partial charge in [0.05, 0.1) is 5.56 Å². The van der Waals surface area contributed by atoms with Crippen LogP contribution in [0.4, 0.5) is 4.39 Å². The average molecular weight is 314 g/mol. The third kappa shape index (κ3) is 2.74. The Labute approximate surface area is 115 Å². The zero-order valence-electron chi connectivity index (χ0n) is 10.6. The van der Waals surface area contributed by atoms with E-state index >= 15 is 0 Å². The summed E-state index contributed by atoms with van der Waals surface area (Å²) in [6, 6.07) is 4.46. The molecule has 1 heterocycles. The second-order valence-electron chi connectivity index (χ2n) is 5.10. The molecule has 2 unspecified atom stereocenters. The molecule has 0 radical (unpaired) electrons. The molecule has 0 N–H and O–H groups in total. The number of hydrogen-bond acceptors (Lipinski definition) is 1. The molecule has 1 fully saturated rings. The molecule has 0 bridgehead atoms. The standard InChI is InChI=1S/C14H17BrFNO/c1-9-5-6-17(10(2)7-9)14(18)12-4-3-11(16)8-13(12)15/h3-4,8-10H,5-7H2,1-2H3. The van der Waals surface area contributed by atoms with Crippen molar-refractivity contribution >= 4 is 21.8 Å². The monoisotopic (exact) mass is 313 g/mol. The van der Waals surface area contributed by atoms with E-state index < -0.39 is 0 Å². The predicted molar refractivity (Wildman–Crippen MR) is 73.0 cm³/mol. The van der Waals surface area contributed by atoms with Crippen LogP contribution in [0.1, 0.15) is 37.0 Å². The Hall–Kier alpha value is -0.900. The van der Waals surface area contributed by atoms with Crippen LogP contribution in [0.15, 0.2) is 22.7 Å². The largest absolute Gasteiger partial charge is 0.336 e. The summed E-state index contributed by atoms with van der Waals surface area (Å²) in [7, 11) is 0. The Bertz CT molecular complexity index is 463. The molecule has 2 atom stereocenters. The van der Waals surface area contributed by atoms with Crippen molar-refractivity contribution in [2.75, 3.05) is 6.54 Å². The highest BCUT2D eigenvalue weighted by atomic mass is 79.9. The molecule has 98 valence electrons. The molecular formula is C14H17BrFNO. The number of halogens is 2. The van der Waals surface area contributed by atoms with E-state index in [1.165, 1.54) is 12.1 Å². The average Bonchev–Trinajstić information content (AvgIpc) is 2.28. The summed E-state index contributed by atoms with van der Waals surface area (Å²) < 4.78 is 13.6. The van der Waals surface area contributed by atoms with E-state index in [0.29, 0.717) is 16.0 Å². The van der Waals surface area contributed by atoms with Crippen molar-refractivity contribution in [2.24, 2.45) is 5.92 Å². The summed E-state index contributed by atoms with van der Waals surface area (Å²) in [5, 5.41) is 0. The van der Waals surface area contributed by atoms with E-state index in [2.05, 4.69) is 29.8 Å². The fourth-order valence-electron chi connectivity index (χ4n) is 2.53. The maximum Gasteiger partial charge on any atom is 0.255 e. The Balaban J connectivity index is 2.20. The van der Waals surface area contributed by atoms with Crippen molar-refractivity contribution in [3.05, 3.63) is 34.1 Å². The molecule has 1 amide bonds. The quantitative estimate of drug-likeness (QED) is 0.771. The number of amides is 1. The van der Waals surface area contributed by atoms with Gasteiger partial charge in [-0.25, -0.2) is 4.39 Å². The molecule has 0 aliphatic carbocycles. The van der Waals surface area contributed by atoms with Gasteiger partial charge in [-0.1, -0.05) is 6.92 Å². The van der Waals surface area contributed by atoms with Gasteiger partial charge in [0.2, 0.25) is 0 Å². The van der Waals surface area contributed by atoms with Crippen molar-refractivity contribution in [1.82, 2.24) is 4.90 Å². The minimum Gasteiger partial charge on any atom is -0.336 e. The van der Waals surface area contributed by atoms with Crippen molar-refractivity contribution in [3.63, 3.8) is 0 Å². The summed E-state index contributed by atoms with van der Waals surface area (Å²) in [4.78, 5) is 14.3. The first-order chi connectivity index (χ1) is 8.49. The minimum absolute atomic E-state index is 0.0127. The van der Waals surface area contributed by atoms with Crippen LogP contribution in [0.2, 0.25) is 0 Å². The van der Waals surface area contributed by atoms with Gasteiger partial charge in [0.25, 0.3) is 5.91 Å². The molecule has 0 spiro atoms. The van der Waals surface area contributed by atoms with Gasteiger partial charge in [-0.15, -0.1) is 0 Å². The van der Waals surface area contributed by atoms with Crippen molar-refractivity contribution in [2.45, 2.75) is 32.7 Å². The van der Waals surface area contributed by atoms with E-state index in [-0.39, 0.29) is 17.8 Å². The molecule has 2 rings (SSSR count). The summed E-state index contributed by atoms with van der Waals surface area (Å²) in [6.07, 6.45) is 2.07. The molecule has 1 aromatic rings. The molecule has 1 saturated heterocycles. The Morgan fingerprint density at radius 2 is 2.17 bits per heavy atom. The van der Waals surface area contributed by atoms with Gasteiger partial charge in [-0.05, 0) is 59.8 Å². The molecule has 1 aliphatic heterocycles. The summed E-state index contributed by atoms with van der Waals surface area (Å²) in [6.45, 7) is 5.07. The smallest absolute Gasteiger partial charge is 0.255 e. The van der Waals surface area contributed by atoms with Crippen LogP contribution in [-0.2, 0) is 0 Å². The highest BCUT2D eigenvalue weighted by Gasteiger charge is 2.28. The highest BCUT2D eigenvalue weighted by Crippen LogP contribution is 2.26. The molecular weight excluding hydrogens is 297 g/mol. The summed E-state index contributed by atoms with van der Waals surface area (Å²) in [5.74, 6) is 0.320. The zero-order chi connectivity index (χ0) is 13.3. The molecule has 1 aliphatic rings. The zero-order valence-corrected chi connectivity index (χ0v) is 12.2. The maximum atomic E-state index is 13.0. The van der Waals surface area contributed by atoms with E-state index in [9.17, 15) is 9.18 Å². The third-order valence-electron chi connectivity index (χ3n) is 3.56. The van der Waals surface area contributed by atoms with Gasteiger partial charge >= 0.3 is 0 Å². The summed E-state index contributed by atoms with van der Waals surface area (Å²) in [5.41, 5.74) is 0.540. The van der Waals surface area contributed by atoms with Gasteiger partial charge in [-0.2, -0.15) is 0 Å². The lowest BCUT2D eigenvalue weighted by atomic mass is 9.93. The summed E-state index contributed by atoms with van der Waals surface area (Å²) >= 11 is 3.26. The van der Waals surface area contributed by atoms with E-state index in [0.717, 1.165) is 19.4 Å². The van der Waals surface area contributed by atoms with Crippen molar-refractivity contribution < 1.29 is 9.18 Å². The Morgan fingerprint density at radius 3 is 2.78 bits per heavy atom. The highest BCUT2D eigenvalue weighted by molar-refractivity contribution is 9.10. The second kappa shape index (κ2) is 5.39. The number of piperidine rings is 1. The van der Waals surface area contributed by atoms with Gasteiger partial charge in [0.1, 0.15) is 5.82 Å². The van der Waals surface area contributed by atoms with Gasteiger partial charge in [0.15, 0.2) is 0 Å². The maximum absolute atomic E-state index is 13.0. The van der Waals surface area contributed by atoms with Gasteiger partial charge < -0.3 is 4.90 Å². The third-order valence-corrected chi connectivity index (χ3v) is 4.22. The predicted octanol–water partition coefficient (Wildman–Crippen LogP) is 3.85. The lowest BCUT2D eigenvalue weighted by Gasteiger charge is -2.36. The first-order valence-corrected chi connectivity index (χ1v) is 7.04. The van der Waals surface area contributed by atoms with E-state index in [1.54, 1.807) is 6.07 Å². The number of benzene rings is 1. The molecule has 18 heavy (non-hydrogen) atoms. The van der Waals surface area contributed by atoms with E-state index in [1.807, 2.05) is 4.90 Å². The van der Waals surface area contributed by atoms with Gasteiger partial charge in [0, 0.05) is 17.1 Å². The Kier molecular flexibility index (Phi) is 4.05. The SMILES string of the molecule is CC1CCN(C(=O)c2ccc(F)cc2Br)C(C)C1. The number of rotatable bonds is 1. The molecule has 0 saturated carbocycles. The van der Waals surface area contributed by atoms with Crippen LogP contribution < -0.4 is 0 Å². The lowest BCUT2D eigenvalue weighted by molar-refractivity contribution is 0.0587. The fraction of sp³-hybridized carbons (Fsp3) is 0.500. The van der Waals surface area contributed by atoms with E-state index in [4.69, 9.17) is 0 Å². The number of carbonyl (C=O) groups excluding carboxylic acids is 1. The Morgan fingerprint density at radius 1 is 1.44 bits per heavy atom. The lowest BCUT2D eigenvalue weighted by Crippen LogP contribution is -2.44. The van der Waals surface area contributed by atoms with Gasteiger partial charge in [-0.3, -0.25) is 4.79 Å². The van der Waals surface area contributed by atoms with Crippen LogP contribution in [0, 0.1) is 11.7 Å². The molecule has 0 aromatic heterocycles. The minimum atomic E-state index is -0.335. The van der Waals surface area contributed by atoms with Crippen LogP contribution in [-0.4, -0.2) is 23.4 Å². The number of nitrogens with zero attached hydrogens (tertiary/aromatic N) is 1. The van der Waals surface area contributed by atoms with Crippen molar-refractivity contribution in [3.8, 4) is 0 Å².